The van der Waals surface area contributed by atoms with Crippen molar-refractivity contribution < 1.29 is 8.85 Å². The van der Waals surface area contributed by atoms with Crippen LogP contribution >= 0.6 is 0 Å². The van der Waals surface area contributed by atoms with Gasteiger partial charge in [-0.1, -0.05) is 58.8 Å². The van der Waals surface area contributed by atoms with Gasteiger partial charge >= 0.3 is 9.28 Å². The Hall–Kier alpha value is 0.137. The second-order valence-electron chi connectivity index (χ2n) is 5.99. The van der Waals surface area contributed by atoms with Crippen molar-refractivity contribution in [2.24, 2.45) is 11.8 Å². The summed E-state index contributed by atoms with van der Waals surface area (Å²) >= 11 is 0. The topological polar surface area (TPSA) is 18.5 Å². The van der Waals surface area contributed by atoms with E-state index in [4.69, 9.17) is 8.85 Å². The minimum Gasteiger partial charge on any atom is -0.397 e. The third-order valence-electron chi connectivity index (χ3n) is 4.72. The molecule has 1 fully saturated rings. The average Bonchev–Trinajstić information content (AvgIpc) is 2.68. The van der Waals surface area contributed by atoms with Crippen LogP contribution < -0.4 is 0 Å². The van der Waals surface area contributed by atoms with E-state index in [9.17, 15) is 0 Å². The van der Waals surface area contributed by atoms with Crippen LogP contribution in [0.5, 0.6) is 0 Å². The maximum absolute atomic E-state index is 6.08. The Morgan fingerprint density at radius 3 is 1.89 bits per heavy atom. The third-order valence-corrected chi connectivity index (χ3v) is 7.87. The molecule has 0 aliphatic heterocycles. The van der Waals surface area contributed by atoms with Gasteiger partial charge in [0.2, 0.25) is 0 Å². The van der Waals surface area contributed by atoms with Crippen molar-refractivity contribution in [3.63, 3.8) is 0 Å². The van der Waals surface area contributed by atoms with Gasteiger partial charge in [0, 0.05) is 18.8 Å². The molecule has 114 valence electrons. The van der Waals surface area contributed by atoms with Gasteiger partial charge in [0.15, 0.2) is 0 Å². The highest BCUT2D eigenvalue weighted by atomic mass is 28.3. The van der Waals surface area contributed by atoms with Crippen LogP contribution in [0.4, 0.5) is 0 Å². The minimum atomic E-state index is -1.52. The van der Waals surface area contributed by atoms with Crippen molar-refractivity contribution in [2.75, 3.05) is 13.2 Å². The fraction of sp³-hybridized carbons (Fsp3) is 1.00. The fourth-order valence-electron chi connectivity index (χ4n) is 3.52. The first-order chi connectivity index (χ1) is 9.24. The standard InChI is InChI=1S/C16H34O2Si/c1-5-14(4)16(19(17-6-2)18-7-3)15-12-10-8-9-11-13-15/h14-16,19H,5-13H2,1-4H3. The van der Waals surface area contributed by atoms with Crippen LogP contribution in [0, 0.1) is 11.8 Å². The molecule has 0 aromatic carbocycles. The zero-order chi connectivity index (χ0) is 14.1. The van der Waals surface area contributed by atoms with Crippen LogP contribution in [0.3, 0.4) is 0 Å². The van der Waals surface area contributed by atoms with Crippen LogP contribution in [0.15, 0.2) is 0 Å². The summed E-state index contributed by atoms with van der Waals surface area (Å²) in [6, 6.07) is 0. The quantitative estimate of drug-likeness (QED) is 0.477. The highest BCUT2D eigenvalue weighted by molar-refractivity contribution is 6.46. The Balaban J connectivity index is 2.77. The normalized spacial score (nSPS) is 21.3. The lowest BCUT2D eigenvalue weighted by Gasteiger charge is -2.35. The van der Waals surface area contributed by atoms with Crippen LogP contribution in [-0.4, -0.2) is 22.5 Å². The summed E-state index contributed by atoms with van der Waals surface area (Å²) in [6.45, 7) is 10.6. The van der Waals surface area contributed by atoms with Gasteiger partial charge in [-0.2, -0.15) is 0 Å². The molecule has 1 saturated carbocycles. The number of hydrogen-bond acceptors (Lipinski definition) is 2. The molecule has 2 unspecified atom stereocenters. The summed E-state index contributed by atoms with van der Waals surface area (Å²) in [5.74, 6) is 1.60. The molecular weight excluding hydrogens is 252 g/mol. The second kappa shape index (κ2) is 9.95. The van der Waals surface area contributed by atoms with E-state index in [1.165, 1.54) is 44.9 Å². The van der Waals surface area contributed by atoms with Gasteiger partial charge in [-0.05, 0) is 25.7 Å². The Bertz CT molecular complexity index is 207. The molecule has 2 nitrogen and oxygen atoms in total. The molecule has 0 radical (unpaired) electrons. The Kier molecular flexibility index (Phi) is 9.00. The lowest BCUT2D eigenvalue weighted by molar-refractivity contribution is 0.174. The highest BCUT2D eigenvalue weighted by Gasteiger charge is 2.36. The highest BCUT2D eigenvalue weighted by Crippen LogP contribution is 2.40. The lowest BCUT2D eigenvalue weighted by atomic mass is 9.88. The summed E-state index contributed by atoms with van der Waals surface area (Å²) in [5.41, 5.74) is 0.711. The van der Waals surface area contributed by atoms with Gasteiger partial charge in [-0.15, -0.1) is 0 Å². The van der Waals surface area contributed by atoms with Crippen LogP contribution in [0.25, 0.3) is 0 Å². The largest absolute Gasteiger partial charge is 0.397 e. The molecule has 1 aliphatic carbocycles. The van der Waals surface area contributed by atoms with E-state index >= 15 is 0 Å². The first-order valence-corrected chi connectivity index (χ1v) is 10.1. The van der Waals surface area contributed by atoms with E-state index in [1.54, 1.807) is 0 Å². The molecule has 19 heavy (non-hydrogen) atoms. The van der Waals surface area contributed by atoms with E-state index in [-0.39, 0.29) is 0 Å². The van der Waals surface area contributed by atoms with Crippen molar-refractivity contribution in [1.82, 2.24) is 0 Å². The van der Waals surface area contributed by atoms with E-state index in [2.05, 4.69) is 27.7 Å². The Morgan fingerprint density at radius 2 is 1.47 bits per heavy atom. The summed E-state index contributed by atoms with van der Waals surface area (Å²) in [4.78, 5) is 0. The van der Waals surface area contributed by atoms with Crippen molar-refractivity contribution >= 4 is 9.28 Å². The molecule has 2 atom stereocenters. The predicted octanol–water partition coefficient (Wildman–Crippen LogP) is 4.67. The Labute approximate surface area is 122 Å². The van der Waals surface area contributed by atoms with Crippen molar-refractivity contribution in [2.45, 2.75) is 78.2 Å². The molecule has 0 saturated heterocycles. The van der Waals surface area contributed by atoms with Crippen molar-refractivity contribution in [1.29, 1.82) is 0 Å². The monoisotopic (exact) mass is 286 g/mol. The third kappa shape index (κ3) is 5.56. The fourth-order valence-corrected chi connectivity index (χ4v) is 6.36. The van der Waals surface area contributed by atoms with E-state index in [1.807, 2.05) is 0 Å². The SMILES string of the molecule is CCO[SiH](OCC)C(C(C)CC)C1CCCCCC1. The van der Waals surface area contributed by atoms with Gasteiger partial charge in [0.1, 0.15) is 0 Å². The average molecular weight is 287 g/mol. The van der Waals surface area contributed by atoms with Crippen LogP contribution in [0.1, 0.15) is 72.6 Å². The summed E-state index contributed by atoms with van der Waals surface area (Å²) < 4.78 is 12.2. The molecule has 0 bridgehead atoms. The number of rotatable bonds is 8. The summed E-state index contributed by atoms with van der Waals surface area (Å²) in [6.07, 6.45) is 9.74. The van der Waals surface area contributed by atoms with Gasteiger partial charge < -0.3 is 8.85 Å². The van der Waals surface area contributed by atoms with E-state index in [0.29, 0.717) is 5.54 Å². The second-order valence-corrected chi connectivity index (χ2v) is 8.17. The maximum Gasteiger partial charge on any atom is 0.325 e. The zero-order valence-corrected chi connectivity index (χ0v) is 14.6. The smallest absolute Gasteiger partial charge is 0.325 e. The van der Waals surface area contributed by atoms with E-state index in [0.717, 1.165) is 25.0 Å². The molecule has 3 heteroatoms. The molecule has 1 rings (SSSR count). The molecule has 0 aromatic rings. The molecule has 0 aromatic heterocycles. The van der Waals surface area contributed by atoms with Crippen molar-refractivity contribution in [3.05, 3.63) is 0 Å². The van der Waals surface area contributed by atoms with Crippen LogP contribution in [0.2, 0.25) is 5.54 Å². The molecule has 0 heterocycles. The zero-order valence-electron chi connectivity index (χ0n) is 13.5. The van der Waals surface area contributed by atoms with Gasteiger partial charge in [0.05, 0.1) is 0 Å². The molecular formula is C16H34O2Si. The van der Waals surface area contributed by atoms with Gasteiger partial charge in [-0.3, -0.25) is 0 Å². The van der Waals surface area contributed by atoms with Crippen LogP contribution in [-0.2, 0) is 8.85 Å². The summed E-state index contributed by atoms with van der Waals surface area (Å²) in [5, 5.41) is 0. The van der Waals surface area contributed by atoms with Gasteiger partial charge in [-0.25, -0.2) is 0 Å². The summed E-state index contributed by atoms with van der Waals surface area (Å²) in [7, 11) is -1.52. The maximum atomic E-state index is 6.08. The molecule has 0 amide bonds. The first-order valence-electron chi connectivity index (χ1n) is 8.47. The molecule has 1 aliphatic rings. The first kappa shape index (κ1) is 17.2. The van der Waals surface area contributed by atoms with Gasteiger partial charge in [0.25, 0.3) is 0 Å². The van der Waals surface area contributed by atoms with E-state index < -0.39 is 9.28 Å². The molecule has 0 N–H and O–H groups in total. The van der Waals surface area contributed by atoms with Crippen molar-refractivity contribution in [3.8, 4) is 0 Å². The predicted molar refractivity (Wildman–Crippen MR) is 84.8 cm³/mol. The lowest BCUT2D eigenvalue weighted by Crippen LogP contribution is -2.37. The Morgan fingerprint density at radius 1 is 0.947 bits per heavy atom. The number of hydrogen-bond donors (Lipinski definition) is 0. The minimum absolute atomic E-state index is 0.711. The molecule has 0 spiro atoms.